The van der Waals surface area contributed by atoms with Gasteiger partial charge in [0.1, 0.15) is 11.2 Å². The van der Waals surface area contributed by atoms with Gasteiger partial charge in [0.05, 0.1) is 6.61 Å². The monoisotopic (exact) mass is 360 g/mol. The summed E-state index contributed by atoms with van der Waals surface area (Å²) in [5, 5.41) is 11.4. The van der Waals surface area contributed by atoms with E-state index < -0.39 is 5.54 Å². The van der Waals surface area contributed by atoms with E-state index in [0.717, 1.165) is 0 Å². The van der Waals surface area contributed by atoms with E-state index in [0.29, 0.717) is 44.8 Å². The van der Waals surface area contributed by atoms with Crippen LogP contribution in [0.4, 0.5) is 0 Å². The van der Waals surface area contributed by atoms with Gasteiger partial charge in [-0.15, -0.1) is 0 Å². The molecule has 0 unspecified atom stereocenters. The third kappa shape index (κ3) is 3.48. The lowest BCUT2D eigenvalue weighted by molar-refractivity contribution is -0.133. The first-order valence-corrected chi connectivity index (χ1v) is 8.63. The number of rotatable bonds is 6. The molecule has 0 atom stereocenters. The van der Waals surface area contributed by atoms with E-state index >= 15 is 0 Å². The third-order valence-corrected chi connectivity index (χ3v) is 4.77. The lowest BCUT2D eigenvalue weighted by Gasteiger charge is -2.40. The minimum atomic E-state index is -0.794. The number of nitrogens with zero attached hydrogens (tertiary/aromatic N) is 5. The van der Waals surface area contributed by atoms with Crippen molar-refractivity contribution in [2.24, 2.45) is 7.05 Å². The highest BCUT2D eigenvalue weighted by molar-refractivity contribution is 5.92. The van der Waals surface area contributed by atoms with Gasteiger partial charge in [-0.25, -0.2) is 0 Å². The highest BCUT2D eigenvalue weighted by Gasteiger charge is 2.44. The lowest BCUT2D eigenvalue weighted by atomic mass is 9.86. The normalized spacial score (nSPS) is 16.5. The summed E-state index contributed by atoms with van der Waals surface area (Å²) < 4.78 is 8.32. The molecule has 1 aliphatic heterocycles. The molecule has 26 heavy (non-hydrogen) atoms. The van der Waals surface area contributed by atoms with Crippen LogP contribution >= 0.6 is 0 Å². The van der Waals surface area contributed by atoms with Crippen LogP contribution in [0.3, 0.4) is 0 Å². The summed E-state index contributed by atoms with van der Waals surface area (Å²) in [7, 11) is 3.37. The number of hydrogen-bond acceptors (Lipinski definition) is 5. The molecule has 0 saturated carbocycles. The van der Waals surface area contributed by atoms with Crippen molar-refractivity contribution in [3.63, 3.8) is 0 Å². The van der Waals surface area contributed by atoms with Crippen molar-refractivity contribution in [2.75, 3.05) is 33.4 Å². The summed E-state index contributed by atoms with van der Waals surface area (Å²) in [6.07, 6.45) is 6.19. The van der Waals surface area contributed by atoms with Gasteiger partial charge in [-0.3, -0.25) is 19.0 Å². The van der Waals surface area contributed by atoms with Crippen molar-refractivity contribution in [2.45, 2.75) is 18.4 Å². The molecular formula is C17H24N6O3. The number of nitrogens with one attached hydrogen (secondary N) is 1. The zero-order chi connectivity index (χ0) is 18.6. The Hall–Kier alpha value is -2.68. The second-order valence-corrected chi connectivity index (χ2v) is 6.40. The van der Waals surface area contributed by atoms with Crippen molar-refractivity contribution in [3.05, 3.63) is 36.4 Å². The molecule has 0 aromatic carbocycles. The van der Waals surface area contributed by atoms with Gasteiger partial charge in [-0.2, -0.15) is 10.2 Å². The van der Waals surface area contributed by atoms with Crippen LogP contribution in [0.15, 0.2) is 30.7 Å². The Balaban J connectivity index is 1.73. The molecule has 0 spiro atoms. The smallest absolute Gasteiger partial charge is 0.274 e. The Morgan fingerprint density at radius 1 is 1.31 bits per heavy atom. The standard InChI is InChI=1S/C17H24N6O3/c1-21-10-4-14(20-21)15(24)22-11-5-17(6-12-22,23-9-3-7-19-23)16(25)18-8-13-26-2/h3-4,7,9-10H,5-6,8,11-13H2,1-2H3,(H,18,25). The molecule has 0 bridgehead atoms. The average molecular weight is 360 g/mol. The number of amides is 2. The van der Waals surface area contributed by atoms with Crippen molar-refractivity contribution in [1.29, 1.82) is 0 Å². The van der Waals surface area contributed by atoms with Gasteiger partial charge in [0.2, 0.25) is 5.91 Å². The molecule has 1 aliphatic rings. The first kappa shape index (κ1) is 18.1. The molecule has 1 saturated heterocycles. The highest BCUT2D eigenvalue weighted by atomic mass is 16.5. The average Bonchev–Trinajstić information content (AvgIpc) is 3.33. The van der Waals surface area contributed by atoms with E-state index in [1.165, 1.54) is 0 Å². The van der Waals surface area contributed by atoms with Crippen molar-refractivity contribution >= 4 is 11.8 Å². The van der Waals surface area contributed by atoms with Gasteiger partial charge in [0.15, 0.2) is 0 Å². The minimum absolute atomic E-state index is 0.0943. The molecule has 1 N–H and O–H groups in total. The third-order valence-electron chi connectivity index (χ3n) is 4.77. The molecule has 2 aromatic heterocycles. The maximum absolute atomic E-state index is 12.9. The summed E-state index contributed by atoms with van der Waals surface area (Å²) in [5.74, 6) is -0.206. The summed E-state index contributed by atoms with van der Waals surface area (Å²) in [5.41, 5.74) is -0.373. The molecule has 2 amide bonds. The van der Waals surface area contributed by atoms with E-state index in [4.69, 9.17) is 4.74 Å². The number of methoxy groups -OCH3 is 1. The molecule has 3 rings (SSSR count). The molecule has 0 radical (unpaired) electrons. The Kier molecular flexibility index (Phi) is 5.36. The molecule has 9 heteroatoms. The van der Waals surface area contributed by atoms with Gasteiger partial charge >= 0.3 is 0 Å². The molecule has 1 fully saturated rings. The molecule has 140 valence electrons. The molecular weight excluding hydrogens is 336 g/mol. The highest BCUT2D eigenvalue weighted by Crippen LogP contribution is 2.30. The van der Waals surface area contributed by atoms with E-state index in [9.17, 15) is 9.59 Å². The number of aromatic nitrogens is 4. The van der Waals surface area contributed by atoms with Crippen molar-refractivity contribution < 1.29 is 14.3 Å². The number of likely N-dealkylation sites (tertiary alicyclic amines) is 1. The van der Waals surface area contributed by atoms with Gasteiger partial charge < -0.3 is 15.0 Å². The van der Waals surface area contributed by atoms with Crippen LogP contribution in [0.5, 0.6) is 0 Å². The SMILES string of the molecule is COCCNC(=O)C1(n2cccn2)CCN(C(=O)c2ccn(C)n2)CC1. The van der Waals surface area contributed by atoms with Gasteiger partial charge in [-0.05, 0) is 25.0 Å². The minimum Gasteiger partial charge on any atom is -0.383 e. The number of hydrogen-bond donors (Lipinski definition) is 1. The quantitative estimate of drug-likeness (QED) is 0.733. The summed E-state index contributed by atoms with van der Waals surface area (Å²) >= 11 is 0. The number of aryl methyl sites for hydroxylation is 1. The van der Waals surface area contributed by atoms with Gasteiger partial charge in [0.25, 0.3) is 5.91 Å². The molecule has 0 aliphatic carbocycles. The van der Waals surface area contributed by atoms with Crippen LogP contribution in [0.1, 0.15) is 23.3 Å². The van der Waals surface area contributed by atoms with Gasteiger partial charge in [-0.1, -0.05) is 0 Å². The topological polar surface area (TPSA) is 94.3 Å². The van der Waals surface area contributed by atoms with E-state index in [2.05, 4.69) is 15.5 Å². The molecule has 2 aromatic rings. The number of carbonyl (C=O) groups excluding carboxylic acids is 2. The number of piperidine rings is 1. The molecule has 3 heterocycles. The predicted molar refractivity (Wildman–Crippen MR) is 93.4 cm³/mol. The fourth-order valence-electron chi connectivity index (χ4n) is 3.28. The fraction of sp³-hybridized carbons (Fsp3) is 0.529. The Morgan fingerprint density at radius 3 is 2.65 bits per heavy atom. The zero-order valence-electron chi connectivity index (χ0n) is 15.1. The van der Waals surface area contributed by atoms with Crippen LogP contribution in [0, 0.1) is 0 Å². The Morgan fingerprint density at radius 2 is 2.08 bits per heavy atom. The maximum Gasteiger partial charge on any atom is 0.274 e. The fourth-order valence-corrected chi connectivity index (χ4v) is 3.28. The maximum atomic E-state index is 12.9. The Bertz CT molecular complexity index is 746. The largest absolute Gasteiger partial charge is 0.383 e. The van der Waals surface area contributed by atoms with Gasteiger partial charge in [0, 0.05) is 52.4 Å². The van der Waals surface area contributed by atoms with Crippen LogP contribution in [-0.4, -0.2) is 69.6 Å². The van der Waals surface area contributed by atoms with E-state index in [1.807, 2.05) is 0 Å². The predicted octanol–water partition coefficient (Wildman–Crippen LogP) is 0.0107. The summed E-state index contributed by atoms with van der Waals surface area (Å²) in [4.78, 5) is 27.2. The van der Waals surface area contributed by atoms with E-state index in [-0.39, 0.29) is 11.8 Å². The van der Waals surface area contributed by atoms with Crippen LogP contribution in [-0.2, 0) is 22.1 Å². The van der Waals surface area contributed by atoms with Crippen molar-refractivity contribution in [3.8, 4) is 0 Å². The Labute approximate surface area is 151 Å². The van der Waals surface area contributed by atoms with Crippen LogP contribution in [0.2, 0.25) is 0 Å². The summed E-state index contributed by atoms with van der Waals surface area (Å²) in [6, 6.07) is 3.50. The van der Waals surface area contributed by atoms with Crippen LogP contribution < -0.4 is 5.32 Å². The number of ether oxygens (including phenoxy) is 1. The van der Waals surface area contributed by atoms with Crippen molar-refractivity contribution in [1.82, 2.24) is 29.8 Å². The van der Waals surface area contributed by atoms with Crippen LogP contribution in [0.25, 0.3) is 0 Å². The lowest BCUT2D eigenvalue weighted by Crippen LogP contribution is -2.56. The first-order chi connectivity index (χ1) is 12.6. The second kappa shape index (κ2) is 7.69. The summed E-state index contributed by atoms with van der Waals surface area (Å²) in [6.45, 7) is 1.82. The number of carbonyl (C=O) groups is 2. The zero-order valence-corrected chi connectivity index (χ0v) is 15.1. The second-order valence-electron chi connectivity index (χ2n) is 6.40. The van der Waals surface area contributed by atoms with E-state index in [1.54, 1.807) is 59.1 Å². The first-order valence-electron chi connectivity index (χ1n) is 8.63. The molecule has 9 nitrogen and oxygen atoms in total.